The van der Waals surface area contributed by atoms with Gasteiger partial charge in [-0.25, -0.2) is 4.39 Å². The molecule has 2 aromatic rings. The highest BCUT2D eigenvalue weighted by Crippen LogP contribution is 2.36. The molecular weight excluding hydrogens is 267 g/mol. The molecule has 0 radical (unpaired) electrons. The minimum Gasteiger partial charge on any atom is -0.324 e. The van der Waals surface area contributed by atoms with Crippen LogP contribution in [0.5, 0.6) is 0 Å². The van der Waals surface area contributed by atoms with Gasteiger partial charge in [0, 0.05) is 10.8 Å². The number of anilines is 1. The van der Waals surface area contributed by atoms with Gasteiger partial charge >= 0.3 is 0 Å². The van der Waals surface area contributed by atoms with E-state index >= 15 is 0 Å². The molecule has 1 aliphatic carbocycles. The molecule has 110 valence electrons. The van der Waals surface area contributed by atoms with Gasteiger partial charge in [-0.3, -0.25) is 9.78 Å². The van der Waals surface area contributed by atoms with Crippen molar-refractivity contribution in [2.24, 2.45) is 5.41 Å². The van der Waals surface area contributed by atoms with E-state index in [2.05, 4.69) is 10.3 Å². The zero-order chi connectivity index (χ0) is 14.9. The van der Waals surface area contributed by atoms with Crippen molar-refractivity contribution in [1.29, 1.82) is 0 Å². The summed E-state index contributed by atoms with van der Waals surface area (Å²) in [5, 5.41) is 3.34. The number of hydrogen-bond donors (Lipinski definition) is 1. The van der Waals surface area contributed by atoms with Crippen LogP contribution in [0.25, 0.3) is 10.9 Å². The number of nitrogens with zero attached hydrogens (tertiary/aromatic N) is 1. The van der Waals surface area contributed by atoms with E-state index in [0.29, 0.717) is 16.6 Å². The standard InChI is InChI=1S/C17H19FN2O/c1-17(8-3-2-4-9-17)16(21)20-12-10-13-14(18)6-5-7-15(13)19-11-12/h5-7,10-11H,2-4,8-9H2,1H3,(H,20,21). The number of pyridine rings is 1. The summed E-state index contributed by atoms with van der Waals surface area (Å²) in [7, 11) is 0. The number of aromatic nitrogens is 1. The fourth-order valence-corrected chi connectivity index (χ4v) is 3.02. The molecular formula is C17H19FN2O. The molecule has 0 saturated heterocycles. The molecule has 1 heterocycles. The van der Waals surface area contributed by atoms with Crippen molar-refractivity contribution in [3.63, 3.8) is 0 Å². The first-order valence-electron chi connectivity index (χ1n) is 7.44. The normalized spacial score (nSPS) is 17.6. The van der Waals surface area contributed by atoms with E-state index in [4.69, 9.17) is 0 Å². The van der Waals surface area contributed by atoms with E-state index < -0.39 is 0 Å². The van der Waals surface area contributed by atoms with Crippen LogP contribution in [-0.2, 0) is 4.79 Å². The zero-order valence-electron chi connectivity index (χ0n) is 12.2. The average Bonchev–Trinajstić information content (AvgIpc) is 2.49. The van der Waals surface area contributed by atoms with Gasteiger partial charge in [0.15, 0.2) is 0 Å². The molecule has 0 atom stereocenters. The number of amides is 1. The third-order valence-electron chi connectivity index (χ3n) is 4.44. The molecule has 1 saturated carbocycles. The van der Waals surface area contributed by atoms with Gasteiger partial charge in [-0.15, -0.1) is 0 Å². The molecule has 0 spiro atoms. The third-order valence-corrected chi connectivity index (χ3v) is 4.44. The summed E-state index contributed by atoms with van der Waals surface area (Å²) < 4.78 is 13.8. The fraction of sp³-hybridized carbons (Fsp3) is 0.412. The summed E-state index contributed by atoms with van der Waals surface area (Å²) in [6.45, 7) is 2.01. The Hall–Kier alpha value is -1.97. The summed E-state index contributed by atoms with van der Waals surface area (Å²) in [6.07, 6.45) is 6.79. The summed E-state index contributed by atoms with van der Waals surface area (Å²) in [5.41, 5.74) is 0.837. The molecule has 3 nitrogen and oxygen atoms in total. The van der Waals surface area contributed by atoms with E-state index in [-0.39, 0.29) is 17.1 Å². The van der Waals surface area contributed by atoms with E-state index in [1.54, 1.807) is 24.4 Å². The molecule has 3 rings (SSSR count). The predicted octanol–water partition coefficient (Wildman–Crippen LogP) is 4.28. The monoisotopic (exact) mass is 286 g/mol. The molecule has 21 heavy (non-hydrogen) atoms. The Morgan fingerprint density at radius 3 is 2.81 bits per heavy atom. The predicted molar refractivity (Wildman–Crippen MR) is 81.5 cm³/mol. The van der Waals surface area contributed by atoms with Crippen LogP contribution in [0, 0.1) is 11.2 Å². The highest BCUT2D eigenvalue weighted by molar-refractivity contribution is 5.96. The van der Waals surface area contributed by atoms with Gasteiger partial charge in [0.2, 0.25) is 5.91 Å². The Bertz CT molecular complexity index is 678. The SMILES string of the molecule is CC1(C(=O)Nc2cnc3cccc(F)c3c2)CCCCC1. The first-order chi connectivity index (χ1) is 10.1. The highest BCUT2D eigenvalue weighted by Gasteiger charge is 2.34. The van der Waals surface area contributed by atoms with Crippen molar-refractivity contribution < 1.29 is 9.18 Å². The molecule has 4 heteroatoms. The van der Waals surface area contributed by atoms with Crippen molar-refractivity contribution >= 4 is 22.5 Å². The smallest absolute Gasteiger partial charge is 0.230 e. The average molecular weight is 286 g/mol. The van der Waals surface area contributed by atoms with Crippen molar-refractivity contribution in [3.05, 3.63) is 36.3 Å². The number of nitrogens with one attached hydrogen (secondary N) is 1. The lowest BCUT2D eigenvalue weighted by atomic mass is 9.75. The number of halogens is 1. The number of rotatable bonds is 2. The van der Waals surface area contributed by atoms with E-state index in [0.717, 1.165) is 25.7 Å². The first-order valence-corrected chi connectivity index (χ1v) is 7.44. The van der Waals surface area contributed by atoms with Crippen LogP contribution in [0.3, 0.4) is 0 Å². The summed E-state index contributed by atoms with van der Waals surface area (Å²) in [4.78, 5) is 16.7. The van der Waals surface area contributed by atoms with Crippen molar-refractivity contribution in [1.82, 2.24) is 4.98 Å². The Kier molecular flexibility index (Phi) is 3.62. The minimum atomic E-state index is -0.319. The summed E-state index contributed by atoms with van der Waals surface area (Å²) >= 11 is 0. The Morgan fingerprint density at radius 1 is 1.29 bits per heavy atom. The van der Waals surface area contributed by atoms with Crippen molar-refractivity contribution in [2.75, 3.05) is 5.32 Å². The molecule has 1 amide bonds. The minimum absolute atomic E-state index is 0.0136. The first kappa shape index (κ1) is 14.0. The van der Waals surface area contributed by atoms with Crippen LogP contribution in [0.4, 0.5) is 10.1 Å². The molecule has 1 N–H and O–H groups in total. The Morgan fingerprint density at radius 2 is 2.05 bits per heavy atom. The largest absolute Gasteiger partial charge is 0.324 e. The van der Waals surface area contributed by atoms with Gasteiger partial charge in [0.1, 0.15) is 5.82 Å². The van der Waals surface area contributed by atoms with Crippen molar-refractivity contribution in [2.45, 2.75) is 39.0 Å². The second-order valence-corrected chi connectivity index (χ2v) is 6.11. The lowest BCUT2D eigenvalue weighted by Gasteiger charge is -2.31. The maximum absolute atomic E-state index is 13.8. The topological polar surface area (TPSA) is 42.0 Å². The highest BCUT2D eigenvalue weighted by atomic mass is 19.1. The van der Waals surface area contributed by atoms with Gasteiger partial charge < -0.3 is 5.32 Å². The zero-order valence-corrected chi connectivity index (χ0v) is 12.2. The maximum atomic E-state index is 13.8. The lowest BCUT2D eigenvalue weighted by molar-refractivity contribution is -0.126. The van der Waals surface area contributed by atoms with Crippen molar-refractivity contribution in [3.8, 4) is 0 Å². The van der Waals surface area contributed by atoms with E-state index in [1.165, 1.54) is 12.5 Å². The van der Waals surface area contributed by atoms with Gasteiger partial charge in [-0.1, -0.05) is 32.3 Å². The van der Waals surface area contributed by atoms with Gasteiger partial charge in [-0.2, -0.15) is 0 Å². The van der Waals surface area contributed by atoms with Crippen LogP contribution in [0.1, 0.15) is 39.0 Å². The summed E-state index contributed by atoms with van der Waals surface area (Å²) in [6, 6.07) is 6.44. The van der Waals surface area contributed by atoms with E-state index in [1.807, 2.05) is 6.92 Å². The quantitative estimate of drug-likeness (QED) is 0.895. The van der Waals surface area contributed by atoms with Gasteiger partial charge in [0.25, 0.3) is 0 Å². The van der Waals surface area contributed by atoms with Crippen LogP contribution in [0.2, 0.25) is 0 Å². The lowest BCUT2D eigenvalue weighted by Crippen LogP contribution is -2.35. The second kappa shape index (κ2) is 5.43. The van der Waals surface area contributed by atoms with Crippen LogP contribution < -0.4 is 5.32 Å². The fourth-order valence-electron chi connectivity index (χ4n) is 3.02. The molecule has 0 bridgehead atoms. The second-order valence-electron chi connectivity index (χ2n) is 6.11. The van der Waals surface area contributed by atoms with Gasteiger partial charge in [0.05, 0.1) is 17.4 Å². The van der Waals surface area contributed by atoms with Crippen LogP contribution in [0.15, 0.2) is 30.5 Å². The Balaban J connectivity index is 1.84. The Labute approximate surface area is 123 Å². The molecule has 1 fully saturated rings. The molecule has 1 aromatic heterocycles. The van der Waals surface area contributed by atoms with Gasteiger partial charge in [-0.05, 0) is 31.0 Å². The molecule has 0 unspecified atom stereocenters. The van der Waals surface area contributed by atoms with Crippen LogP contribution in [-0.4, -0.2) is 10.9 Å². The number of carbonyl (C=O) groups excluding carboxylic acids is 1. The molecule has 1 aliphatic rings. The number of carbonyl (C=O) groups is 1. The number of fused-ring (bicyclic) bond motifs is 1. The third kappa shape index (κ3) is 2.75. The molecule has 0 aliphatic heterocycles. The summed E-state index contributed by atoms with van der Waals surface area (Å²) in [5.74, 6) is -0.306. The van der Waals surface area contributed by atoms with E-state index in [9.17, 15) is 9.18 Å². The number of hydrogen-bond acceptors (Lipinski definition) is 2. The number of benzene rings is 1. The maximum Gasteiger partial charge on any atom is 0.230 e. The van der Waals surface area contributed by atoms with Crippen LogP contribution >= 0.6 is 0 Å². The molecule has 1 aromatic carbocycles.